The van der Waals surface area contributed by atoms with Crippen LogP contribution in [0.4, 0.5) is 0 Å². The number of ether oxygens (including phenoxy) is 2. The second-order valence-corrected chi connectivity index (χ2v) is 7.75. The van der Waals surface area contributed by atoms with Gasteiger partial charge in [0.15, 0.2) is 0 Å². The Hall–Kier alpha value is -0.490. The molecule has 1 amide bonds. The van der Waals surface area contributed by atoms with Gasteiger partial charge in [-0.3, -0.25) is 4.79 Å². The second-order valence-electron chi connectivity index (χ2n) is 5.83. The Morgan fingerprint density at radius 2 is 1.54 bits per heavy atom. The molecule has 3 fully saturated rings. The van der Waals surface area contributed by atoms with Crippen molar-refractivity contribution in [2.24, 2.45) is 0 Å². The first-order valence-corrected chi connectivity index (χ1v) is 9.41. The number of morpholine rings is 2. The van der Waals surface area contributed by atoms with Crippen LogP contribution < -0.4 is 5.32 Å². The van der Waals surface area contributed by atoms with Crippen LogP contribution >= 0.6 is 12.4 Å². The number of nitrogens with zero attached hydrogens (tertiary/aromatic N) is 3. The maximum atomic E-state index is 12.6. The van der Waals surface area contributed by atoms with E-state index in [1.807, 2.05) is 0 Å². The van der Waals surface area contributed by atoms with Crippen molar-refractivity contribution in [3.63, 3.8) is 0 Å². The van der Waals surface area contributed by atoms with E-state index < -0.39 is 10.2 Å². The van der Waals surface area contributed by atoms with Gasteiger partial charge >= 0.3 is 0 Å². The van der Waals surface area contributed by atoms with Gasteiger partial charge in [-0.1, -0.05) is 0 Å². The number of halogens is 1. The van der Waals surface area contributed by atoms with Crippen LogP contribution in [-0.4, -0.2) is 106 Å². The molecule has 0 saturated carbocycles. The highest BCUT2D eigenvalue weighted by atomic mass is 35.5. The first-order chi connectivity index (χ1) is 11.1. The molecule has 9 nitrogen and oxygen atoms in total. The van der Waals surface area contributed by atoms with Gasteiger partial charge in [0.05, 0.1) is 26.4 Å². The summed E-state index contributed by atoms with van der Waals surface area (Å²) in [6.07, 6.45) is 0. The molecule has 3 aliphatic heterocycles. The minimum atomic E-state index is -3.45. The average molecular weight is 385 g/mol. The molecule has 1 N–H and O–H groups in total. The Morgan fingerprint density at radius 1 is 0.917 bits per heavy atom. The van der Waals surface area contributed by atoms with Crippen LogP contribution in [0.2, 0.25) is 0 Å². The van der Waals surface area contributed by atoms with E-state index in [9.17, 15) is 13.2 Å². The van der Waals surface area contributed by atoms with Gasteiger partial charge in [-0.15, -0.1) is 12.4 Å². The molecule has 24 heavy (non-hydrogen) atoms. The standard InChI is InChI=1S/C13H24N4O5S.ClH/c18-13(12-11-22-8-1-14-12)15-2-4-16(5-3-15)23(19,20)17-6-9-21-10-7-17;/h12,14H,1-11H2;1H. The van der Waals surface area contributed by atoms with Crippen molar-refractivity contribution in [1.29, 1.82) is 0 Å². The molecular formula is C13H25ClN4O5S. The zero-order chi connectivity index (χ0) is 16.3. The summed E-state index contributed by atoms with van der Waals surface area (Å²) in [5.41, 5.74) is 0. The Bertz CT molecular complexity index is 514. The SMILES string of the molecule is Cl.O=C(C1COCCN1)N1CCN(S(=O)(=O)N2CCOCC2)CC1. The maximum absolute atomic E-state index is 12.6. The van der Waals surface area contributed by atoms with Gasteiger partial charge in [-0.05, 0) is 0 Å². The van der Waals surface area contributed by atoms with Crippen molar-refractivity contribution in [3.05, 3.63) is 0 Å². The third kappa shape index (κ3) is 4.37. The molecule has 3 aliphatic rings. The van der Waals surface area contributed by atoms with Gasteiger partial charge in [0.25, 0.3) is 10.2 Å². The lowest BCUT2D eigenvalue weighted by Crippen LogP contribution is -2.59. The van der Waals surface area contributed by atoms with Crippen LogP contribution in [0.1, 0.15) is 0 Å². The number of hydrogen-bond donors (Lipinski definition) is 1. The van der Waals surface area contributed by atoms with E-state index in [1.165, 1.54) is 8.61 Å². The zero-order valence-electron chi connectivity index (χ0n) is 13.6. The van der Waals surface area contributed by atoms with Crippen molar-refractivity contribution < 1.29 is 22.7 Å². The van der Waals surface area contributed by atoms with Gasteiger partial charge in [-0.2, -0.15) is 17.0 Å². The van der Waals surface area contributed by atoms with Crippen LogP contribution in [0.5, 0.6) is 0 Å². The summed E-state index contributed by atoms with van der Waals surface area (Å²) in [4.78, 5) is 14.1. The molecule has 11 heteroatoms. The number of carbonyl (C=O) groups excluding carboxylic acids is 1. The molecule has 3 rings (SSSR count). The fourth-order valence-corrected chi connectivity index (χ4v) is 4.59. The first-order valence-electron chi connectivity index (χ1n) is 8.02. The normalized spacial score (nSPS) is 27.5. The van der Waals surface area contributed by atoms with Crippen LogP contribution in [0.3, 0.4) is 0 Å². The predicted molar refractivity (Wildman–Crippen MR) is 89.3 cm³/mol. The number of piperazine rings is 1. The van der Waals surface area contributed by atoms with E-state index in [4.69, 9.17) is 9.47 Å². The highest BCUT2D eigenvalue weighted by Crippen LogP contribution is 2.14. The highest BCUT2D eigenvalue weighted by Gasteiger charge is 2.35. The monoisotopic (exact) mass is 384 g/mol. The molecule has 140 valence electrons. The number of hydrogen-bond acceptors (Lipinski definition) is 6. The maximum Gasteiger partial charge on any atom is 0.282 e. The fourth-order valence-electron chi connectivity index (χ4n) is 3.02. The van der Waals surface area contributed by atoms with E-state index in [-0.39, 0.29) is 24.4 Å². The lowest BCUT2D eigenvalue weighted by Gasteiger charge is -2.39. The molecule has 3 heterocycles. The number of nitrogens with one attached hydrogen (secondary N) is 1. The quantitative estimate of drug-likeness (QED) is 0.612. The van der Waals surface area contributed by atoms with Gasteiger partial charge in [0.1, 0.15) is 6.04 Å². The van der Waals surface area contributed by atoms with E-state index in [1.54, 1.807) is 4.90 Å². The minimum Gasteiger partial charge on any atom is -0.379 e. The Labute approximate surface area is 148 Å². The van der Waals surface area contributed by atoms with E-state index in [0.717, 1.165) is 0 Å². The fraction of sp³-hybridized carbons (Fsp3) is 0.923. The minimum absolute atomic E-state index is 0. The summed E-state index contributed by atoms with van der Waals surface area (Å²) < 4.78 is 38.6. The molecule has 1 atom stereocenters. The highest BCUT2D eigenvalue weighted by molar-refractivity contribution is 7.86. The van der Waals surface area contributed by atoms with Gasteiger partial charge in [0, 0.05) is 45.8 Å². The van der Waals surface area contributed by atoms with Gasteiger partial charge < -0.3 is 19.7 Å². The summed E-state index contributed by atoms with van der Waals surface area (Å²) >= 11 is 0. The third-order valence-corrected chi connectivity index (χ3v) is 6.43. The predicted octanol–water partition coefficient (Wildman–Crippen LogP) is -1.88. The largest absolute Gasteiger partial charge is 0.379 e. The van der Waals surface area contributed by atoms with Crippen molar-refractivity contribution in [1.82, 2.24) is 18.8 Å². The summed E-state index contributed by atoms with van der Waals surface area (Å²) in [6, 6.07) is -0.314. The Kier molecular flexibility index (Phi) is 7.23. The van der Waals surface area contributed by atoms with E-state index in [0.29, 0.717) is 72.2 Å². The Balaban J connectivity index is 0.00000208. The molecule has 0 bridgehead atoms. The van der Waals surface area contributed by atoms with Crippen molar-refractivity contribution in [2.45, 2.75) is 6.04 Å². The topological polar surface area (TPSA) is 91.4 Å². The van der Waals surface area contributed by atoms with Gasteiger partial charge in [-0.25, -0.2) is 0 Å². The van der Waals surface area contributed by atoms with Crippen molar-refractivity contribution >= 4 is 28.5 Å². The second kappa shape index (κ2) is 8.75. The zero-order valence-corrected chi connectivity index (χ0v) is 15.2. The van der Waals surface area contributed by atoms with Gasteiger partial charge in [0.2, 0.25) is 5.91 Å². The Morgan fingerprint density at radius 3 is 2.12 bits per heavy atom. The molecule has 0 spiro atoms. The molecular weight excluding hydrogens is 360 g/mol. The average Bonchev–Trinajstić information content (AvgIpc) is 2.63. The smallest absolute Gasteiger partial charge is 0.282 e. The molecule has 0 aromatic carbocycles. The lowest BCUT2D eigenvalue weighted by molar-refractivity contribution is -0.137. The molecule has 0 aliphatic carbocycles. The van der Waals surface area contributed by atoms with Crippen LogP contribution in [-0.2, 0) is 24.5 Å². The number of rotatable bonds is 3. The molecule has 3 saturated heterocycles. The van der Waals surface area contributed by atoms with E-state index >= 15 is 0 Å². The van der Waals surface area contributed by atoms with Crippen LogP contribution in [0.25, 0.3) is 0 Å². The number of carbonyl (C=O) groups is 1. The first kappa shape index (κ1) is 19.8. The molecule has 0 aromatic rings. The third-order valence-electron chi connectivity index (χ3n) is 4.39. The number of amides is 1. The molecule has 1 unspecified atom stereocenters. The molecule has 0 aromatic heterocycles. The summed E-state index contributed by atoms with van der Waals surface area (Å²) in [7, 11) is -3.45. The summed E-state index contributed by atoms with van der Waals surface area (Å²) in [5, 5.41) is 3.14. The van der Waals surface area contributed by atoms with Crippen molar-refractivity contribution in [3.8, 4) is 0 Å². The van der Waals surface area contributed by atoms with Crippen LogP contribution in [0.15, 0.2) is 0 Å². The van der Waals surface area contributed by atoms with Crippen molar-refractivity contribution in [2.75, 3.05) is 72.2 Å². The molecule has 0 radical (unpaired) electrons. The summed E-state index contributed by atoms with van der Waals surface area (Å²) in [6.45, 7) is 4.83. The van der Waals surface area contributed by atoms with Crippen LogP contribution in [0, 0.1) is 0 Å². The van der Waals surface area contributed by atoms with E-state index in [2.05, 4.69) is 5.32 Å². The summed E-state index contributed by atoms with van der Waals surface area (Å²) in [5.74, 6) is -0.00637. The lowest BCUT2D eigenvalue weighted by atomic mass is 10.2.